The smallest absolute Gasteiger partial charge is 0.298 e. The Morgan fingerprint density at radius 1 is 1.55 bits per heavy atom. The summed E-state index contributed by atoms with van der Waals surface area (Å²) in [4.78, 5) is 21.5. The van der Waals surface area contributed by atoms with Crippen LogP contribution in [0.3, 0.4) is 0 Å². The van der Waals surface area contributed by atoms with Gasteiger partial charge in [-0.1, -0.05) is 0 Å². The van der Waals surface area contributed by atoms with Crippen LogP contribution in [0.25, 0.3) is 0 Å². The first kappa shape index (κ1) is 16.3. The van der Waals surface area contributed by atoms with Crippen LogP contribution in [0.1, 0.15) is 6.42 Å². The molecule has 0 spiro atoms. The van der Waals surface area contributed by atoms with Crippen molar-refractivity contribution < 1.29 is 18.5 Å². The number of hydrogen-bond acceptors (Lipinski definition) is 5. The normalized spacial score (nSPS) is 12.0. The highest BCUT2D eigenvalue weighted by atomic mass is 32.2. The first-order valence-electron chi connectivity index (χ1n) is 5.55. The minimum Gasteiger partial charge on any atom is -0.320 e. The van der Waals surface area contributed by atoms with Crippen LogP contribution in [-0.2, 0) is 4.79 Å². The van der Waals surface area contributed by atoms with Gasteiger partial charge in [-0.25, -0.2) is 8.78 Å². The van der Waals surface area contributed by atoms with Crippen molar-refractivity contribution in [2.75, 3.05) is 17.3 Å². The number of rotatable bonds is 6. The minimum atomic E-state index is -1.22. The van der Waals surface area contributed by atoms with Crippen LogP contribution >= 0.6 is 11.8 Å². The van der Waals surface area contributed by atoms with E-state index in [1.54, 1.807) is 0 Å². The van der Waals surface area contributed by atoms with E-state index >= 15 is 0 Å². The number of halogens is 2. The fourth-order valence-electron chi connectivity index (χ4n) is 1.42. The summed E-state index contributed by atoms with van der Waals surface area (Å²) in [5, 5.41) is 12.8. The number of nitrogens with zero attached hydrogens (tertiary/aromatic N) is 1. The quantitative estimate of drug-likeness (QED) is 0.618. The molecule has 0 heterocycles. The van der Waals surface area contributed by atoms with Crippen molar-refractivity contribution in [3.63, 3.8) is 0 Å². The number of nitro groups is 1. The maximum absolute atomic E-state index is 13.5. The van der Waals surface area contributed by atoms with Crippen LogP contribution in [0.4, 0.5) is 20.2 Å². The average molecular weight is 305 g/mol. The highest BCUT2D eigenvalue weighted by molar-refractivity contribution is 7.98. The fourth-order valence-corrected chi connectivity index (χ4v) is 1.91. The molecule has 0 aliphatic heterocycles. The fraction of sp³-hybridized carbons (Fsp3) is 0.364. The molecule has 0 saturated heterocycles. The Bertz CT molecular complexity index is 528. The van der Waals surface area contributed by atoms with E-state index in [9.17, 15) is 23.7 Å². The molecule has 0 saturated carbocycles. The predicted octanol–water partition coefficient (Wildman–Crippen LogP) is 1.89. The lowest BCUT2D eigenvalue weighted by molar-refractivity contribution is -0.384. The van der Waals surface area contributed by atoms with Gasteiger partial charge in [0.25, 0.3) is 5.69 Å². The highest BCUT2D eigenvalue weighted by Gasteiger charge is 2.24. The van der Waals surface area contributed by atoms with Gasteiger partial charge in [-0.3, -0.25) is 14.9 Å². The Morgan fingerprint density at radius 3 is 2.75 bits per heavy atom. The highest BCUT2D eigenvalue weighted by Crippen LogP contribution is 2.28. The molecule has 0 aliphatic carbocycles. The number of carbonyl (C=O) groups excluding carboxylic acids is 1. The molecular formula is C11H13F2N3O3S. The van der Waals surface area contributed by atoms with Gasteiger partial charge in [-0.05, 0) is 18.4 Å². The number of carbonyl (C=O) groups is 1. The third-order valence-corrected chi connectivity index (χ3v) is 3.09. The second-order valence-electron chi connectivity index (χ2n) is 3.92. The van der Waals surface area contributed by atoms with Crippen molar-refractivity contribution in [1.82, 2.24) is 0 Å². The Kier molecular flexibility index (Phi) is 5.83. The molecule has 0 radical (unpaired) electrons. The molecule has 1 aromatic rings. The van der Waals surface area contributed by atoms with Gasteiger partial charge in [0.1, 0.15) is 5.82 Å². The molecule has 1 rings (SSSR count). The van der Waals surface area contributed by atoms with Crippen molar-refractivity contribution >= 4 is 29.0 Å². The van der Waals surface area contributed by atoms with E-state index in [1.807, 2.05) is 11.6 Å². The van der Waals surface area contributed by atoms with Crippen LogP contribution in [0.2, 0.25) is 0 Å². The van der Waals surface area contributed by atoms with E-state index in [-0.39, 0.29) is 0 Å². The third-order valence-electron chi connectivity index (χ3n) is 2.45. The summed E-state index contributed by atoms with van der Waals surface area (Å²) >= 11 is 1.47. The summed E-state index contributed by atoms with van der Waals surface area (Å²) in [5.41, 5.74) is 4.03. The third kappa shape index (κ3) is 4.14. The van der Waals surface area contributed by atoms with E-state index in [2.05, 4.69) is 0 Å². The second-order valence-corrected chi connectivity index (χ2v) is 4.90. The minimum absolute atomic E-state index is 0.337. The zero-order chi connectivity index (χ0) is 15.3. The Hall–Kier alpha value is -1.74. The first-order chi connectivity index (χ1) is 9.36. The lowest BCUT2D eigenvalue weighted by Crippen LogP contribution is -2.36. The molecule has 0 aromatic heterocycles. The van der Waals surface area contributed by atoms with Gasteiger partial charge in [-0.2, -0.15) is 11.8 Å². The molecule has 1 amide bonds. The number of hydrogen-bond donors (Lipinski definition) is 2. The van der Waals surface area contributed by atoms with Gasteiger partial charge in [0, 0.05) is 6.07 Å². The lowest BCUT2D eigenvalue weighted by atomic mass is 10.2. The number of nitrogens with two attached hydrogens (primary N) is 1. The molecule has 3 N–H and O–H groups in total. The Balaban J connectivity index is 2.97. The molecule has 110 valence electrons. The number of nitrogens with one attached hydrogen (secondary N) is 1. The van der Waals surface area contributed by atoms with Crippen LogP contribution in [0.5, 0.6) is 0 Å². The number of benzene rings is 1. The van der Waals surface area contributed by atoms with Crippen LogP contribution in [0.15, 0.2) is 12.1 Å². The number of anilines is 1. The van der Waals surface area contributed by atoms with Crippen LogP contribution in [-0.4, -0.2) is 28.9 Å². The van der Waals surface area contributed by atoms with Crippen molar-refractivity contribution in [1.29, 1.82) is 0 Å². The molecule has 1 atom stereocenters. The Morgan fingerprint density at radius 2 is 2.20 bits per heavy atom. The summed E-state index contributed by atoms with van der Waals surface area (Å²) < 4.78 is 26.5. The molecule has 20 heavy (non-hydrogen) atoms. The topological polar surface area (TPSA) is 98.3 Å². The summed E-state index contributed by atoms with van der Waals surface area (Å²) in [6, 6.07) is 0.0637. The van der Waals surface area contributed by atoms with E-state index in [1.165, 1.54) is 11.8 Å². The van der Waals surface area contributed by atoms with E-state index in [0.717, 1.165) is 0 Å². The van der Waals surface area contributed by atoms with Gasteiger partial charge < -0.3 is 11.1 Å². The summed E-state index contributed by atoms with van der Waals surface area (Å²) in [7, 11) is 0. The van der Waals surface area contributed by atoms with Crippen molar-refractivity contribution in [3.05, 3.63) is 33.9 Å². The van der Waals surface area contributed by atoms with Gasteiger partial charge in [-0.15, -0.1) is 0 Å². The molecule has 6 nitrogen and oxygen atoms in total. The SMILES string of the molecule is CSCC[C@H](N)C(=O)Nc1c(F)cc(F)cc1[N+](=O)[O-]. The number of nitro benzene ring substituents is 1. The van der Waals surface area contributed by atoms with Crippen LogP contribution in [0, 0.1) is 21.7 Å². The molecular weight excluding hydrogens is 292 g/mol. The molecule has 0 bridgehead atoms. The van der Waals surface area contributed by atoms with E-state index in [0.29, 0.717) is 24.3 Å². The zero-order valence-electron chi connectivity index (χ0n) is 10.6. The monoisotopic (exact) mass is 305 g/mol. The first-order valence-corrected chi connectivity index (χ1v) is 6.95. The van der Waals surface area contributed by atoms with Gasteiger partial charge >= 0.3 is 0 Å². The van der Waals surface area contributed by atoms with Crippen molar-refractivity contribution in [3.8, 4) is 0 Å². The lowest BCUT2D eigenvalue weighted by Gasteiger charge is -2.12. The van der Waals surface area contributed by atoms with Crippen molar-refractivity contribution in [2.24, 2.45) is 5.73 Å². The molecule has 0 unspecified atom stereocenters. The van der Waals surface area contributed by atoms with Crippen LogP contribution < -0.4 is 11.1 Å². The summed E-state index contributed by atoms with van der Waals surface area (Å²) in [6.45, 7) is 0. The second kappa shape index (κ2) is 7.15. The van der Waals surface area contributed by atoms with E-state index in [4.69, 9.17) is 5.73 Å². The number of thioether (sulfide) groups is 1. The number of amides is 1. The predicted molar refractivity (Wildman–Crippen MR) is 72.6 cm³/mol. The average Bonchev–Trinajstić information content (AvgIpc) is 2.38. The summed E-state index contributed by atoms with van der Waals surface area (Å²) in [6.07, 6.45) is 2.17. The van der Waals surface area contributed by atoms with Gasteiger partial charge in [0.05, 0.1) is 17.0 Å². The van der Waals surface area contributed by atoms with Crippen molar-refractivity contribution in [2.45, 2.75) is 12.5 Å². The maximum atomic E-state index is 13.5. The molecule has 9 heteroatoms. The molecule has 1 aromatic carbocycles. The molecule has 0 fully saturated rings. The summed E-state index contributed by atoms with van der Waals surface area (Å²) in [5.74, 6) is -2.46. The Labute approximate surface area is 117 Å². The standard InChI is InChI=1S/C11H13F2N3O3S/c1-20-3-2-8(14)11(17)15-10-7(13)4-6(12)5-9(10)16(18)19/h4-5,8H,2-3,14H2,1H3,(H,15,17)/t8-/m0/s1. The maximum Gasteiger partial charge on any atom is 0.298 e. The largest absolute Gasteiger partial charge is 0.320 e. The van der Waals surface area contributed by atoms with E-state index < -0.39 is 39.9 Å². The molecule has 0 aliphatic rings. The van der Waals surface area contributed by atoms with Gasteiger partial charge in [0.15, 0.2) is 11.5 Å². The van der Waals surface area contributed by atoms with Gasteiger partial charge in [0.2, 0.25) is 5.91 Å². The zero-order valence-corrected chi connectivity index (χ0v) is 11.4.